The fourth-order valence-corrected chi connectivity index (χ4v) is 3.74. The summed E-state index contributed by atoms with van der Waals surface area (Å²) in [4.78, 5) is 19.0. The molecule has 6 heteroatoms. The van der Waals surface area contributed by atoms with Crippen LogP contribution in [0.5, 0.6) is 0 Å². The number of hydrogen-bond donors (Lipinski definition) is 2. The Morgan fingerprint density at radius 2 is 2.18 bits per heavy atom. The molecule has 1 amide bonds. The smallest absolute Gasteiger partial charge is 0.223 e. The Morgan fingerprint density at radius 1 is 1.45 bits per heavy atom. The summed E-state index contributed by atoms with van der Waals surface area (Å²) in [7, 11) is 0. The number of aliphatic hydroxyl groups excluding tert-OH is 1. The van der Waals surface area contributed by atoms with Crippen LogP contribution in [0.2, 0.25) is 0 Å². The topological polar surface area (TPSA) is 65.5 Å². The number of nitrogens with one attached hydrogen (secondary N) is 1. The molecule has 2 heterocycles. The zero-order valence-electron chi connectivity index (χ0n) is 12.7. The minimum atomic E-state index is -0.494. The normalized spacial score (nSPS) is 17.6. The first-order valence-electron chi connectivity index (χ1n) is 7.70. The van der Waals surface area contributed by atoms with Crippen LogP contribution in [-0.4, -0.2) is 41.7 Å². The number of para-hydroxylation sites is 1. The summed E-state index contributed by atoms with van der Waals surface area (Å²) >= 11 is 1.71. The predicted molar refractivity (Wildman–Crippen MR) is 89.2 cm³/mol. The number of piperidine rings is 1. The number of nitrogens with zero attached hydrogens (tertiary/aromatic N) is 2. The van der Waals surface area contributed by atoms with Gasteiger partial charge in [0.05, 0.1) is 16.3 Å². The molecule has 1 unspecified atom stereocenters. The molecule has 1 aliphatic rings. The Kier molecular flexibility index (Phi) is 4.59. The van der Waals surface area contributed by atoms with Gasteiger partial charge in [0.15, 0.2) is 5.13 Å². The van der Waals surface area contributed by atoms with Crippen molar-refractivity contribution in [1.29, 1.82) is 0 Å². The van der Waals surface area contributed by atoms with Gasteiger partial charge >= 0.3 is 0 Å². The number of hydrogen-bond acceptors (Lipinski definition) is 5. The molecular weight excluding hydrogens is 298 g/mol. The molecular formula is C16H21N3O2S. The number of rotatable bonds is 4. The molecule has 1 saturated heterocycles. The van der Waals surface area contributed by atoms with E-state index in [1.165, 1.54) is 4.70 Å². The highest BCUT2D eigenvalue weighted by atomic mass is 32.1. The summed E-state index contributed by atoms with van der Waals surface area (Å²) in [5.41, 5.74) is 1.04. The average molecular weight is 319 g/mol. The van der Waals surface area contributed by atoms with Gasteiger partial charge in [-0.1, -0.05) is 23.5 Å². The second-order valence-electron chi connectivity index (χ2n) is 5.82. The Labute approximate surface area is 134 Å². The molecule has 0 aliphatic carbocycles. The van der Waals surface area contributed by atoms with Crippen LogP contribution in [0.3, 0.4) is 0 Å². The van der Waals surface area contributed by atoms with Gasteiger partial charge < -0.3 is 15.3 Å². The van der Waals surface area contributed by atoms with E-state index in [1.54, 1.807) is 18.3 Å². The highest BCUT2D eigenvalue weighted by molar-refractivity contribution is 7.22. The van der Waals surface area contributed by atoms with Crippen molar-refractivity contribution in [3.8, 4) is 0 Å². The van der Waals surface area contributed by atoms with Crippen molar-refractivity contribution in [2.75, 3.05) is 24.5 Å². The van der Waals surface area contributed by atoms with Crippen molar-refractivity contribution >= 4 is 32.6 Å². The number of amides is 1. The molecule has 0 spiro atoms. The van der Waals surface area contributed by atoms with Crippen LogP contribution < -0.4 is 10.2 Å². The second-order valence-corrected chi connectivity index (χ2v) is 6.83. The number of carbonyl (C=O) groups is 1. The first-order valence-corrected chi connectivity index (χ1v) is 8.51. The maximum absolute atomic E-state index is 12.0. The number of aliphatic hydroxyl groups is 1. The molecule has 1 aliphatic heterocycles. The van der Waals surface area contributed by atoms with E-state index in [0.29, 0.717) is 6.54 Å². The zero-order chi connectivity index (χ0) is 15.5. The zero-order valence-corrected chi connectivity index (χ0v) is 13.5. The molecule has 3 rings (SSSR count). The third-order valence-electron chi connectivity index (χ3n) is 3.99. The molecule has 0 saturated carbocycles. The van der Waals surface area contributed by atoms with E-state index in [9.17, 15) is 9.90 Å². The number of benzene rings is 1. The molecule has 22 heavy (non-hydrogen) atoms. The van der Waals surface area contributed by atoms with Crippen molar-refractivity contribution in [3.63, 3.8) is 0 Å². The summed E-state index contributed by atoms with van der Waals surface area (Å²) in [5.74, 6) is 0.106. The van der Waals surface area contributed by atoms with Gasteiger partial charge in [0.1, 0.15) is 0 Å². The van der Waals surface area contributed by atoms with E-state index < -0.39 is 6.10 Å². The molecule has 0 radical (unpaired) electrons. The molecule has 1 atom stereocenters. The van der Waals surface area contributed by atoms with Crippen molar-refractivity contribution in [3.05, 3.63) is 24.3 Å². The van der Waals surface area contributed by atoms with E-state index in [1.807, 2.05) is 18.2 Å². The summed E-state index contributed by atoms with van der Waals surface area (Å²) in [5, 5.41) is 13.1. The van der Waals surface area contributed by atoms with Gasteiger partial charge in [-0.2, -0.15) is 0 Å². The minimum Gasteiger partial charge on any atom is -0.392 e. The number of fused-ring (bicyclic) bond motifs is 1. The molecule has 2 N–H and O–H groups in total. The van der Waals surface area contributed by atoms with Gasteiger partial charge in [-0.25, -0.2) is 4.98 Å². The van der Waals surface area contributed by atoms with E-state index >= 15 is 0 Å². The fraction of sp³-hybridized carbons (Fsp3) is 0.500. The van der Waals surface area contributed by atoms with Crippen LogP contribution in [0.25, 0.3) is 10.2 Å². The van der Waals surface area contributed by atoms with Gasteiger partial charge in [0.25, 0.3) is 0 Å². The highest BCUT2D eigenvalue weighted by Crippen LogP contribution is 2.31. The number of anilines is 1. The lowest BCUT2D eigenvalue weighted by atomic mass is 9.96. The Balaban J connectivity index is 1.58. The lowest BCUT2D eigenvalue weighted by Crippen LogP contribution is -2.42. The molecule has 118 valence electrons. The van der Waals surface area contributed by atoms with Crippen molar-refractivity contribution < 1.29 is 9.90 Å². The van der Waals surface area contributed by atoms with Crippen LogP contribution in [0.1, 0.15) is 19.8 Å². The lowest BCUT2D eigenvalue weighted by Gasteiger charge is -2.31. The summed E-state index contributed by atoms with van der Waals surface area (Å²) in [6.45, 7) is 3.71. The molecule has 1 aromatic carbocycles. The first kappa shape index (κ1) is 15.2. The van der Waals surface area contributed by atoms with Gasteiger partial charge in [0, 0.05) is 25.6 Å². The molecule has 2 aromatic rings. The summed E-state index contributed by atoms with van der Waals surface area (Å²) < 4.78 is 1.20. The van der Waals surface area contributed by atoms with Crippen LogP contribution in [0, 0.1) is 5.92 Å². The van der Waals surface area contributed by atoms with E-state index in [2.05, 4.69) is 21.3 Å². The monoisotopic (exact) mass is 319 g/mol. The Morgan fingerprint density at radius 3 is 2.86 bits per heavy atom. The quantitative estimate of drug-likeness (QED) is 0.905. The van der Waals surface area contributed by atoms with Gasteiger partial charge in [-0.05, 0) is 31.9 Å². The summed E-state index contributed by atoms with van der Waals surface area (Å²) in [6.07, 6.45) is 1.18. The van der Waals surface area contributed by atoms with E-state index in [0.717, 1.165) is 36.6 Å². The standard InChI is InChI=1S/C16H21N3O2S/c1-11(20)10-17-15(21)12-6-8-19(9-7-12)16-18-13-4-2-3-5-14(13)22-16/h2-5,11-12,20H,6-10H2,1H3,(H,17,21). The Bertz CT molecular complexity index is 615. The van der Waals surface area contributed by atoms with Crippen molar-refractivity contribution in [1.82, 2.24) is 10.3 Å². The predicted octanol–water partition coefficient (Wildman–Crippen LogP) is 2.01. The largest absolute Gasteiger partial charge is 0.392 e. The molecule has 5 nitrogen and oxygen atoms in total. The van der Waals surface area contributed by atoms with Crippen LogP contribution in [-0.2, 0) is 4.79 Å². The van der Waals surface area contributed by atoms with Gasteiger partial charge in [-0.15, -0.1) is 0 Å². The molecule has 1 fully saturated rings. The van der Waals surface area contributed by atoms with Gasteiger partial charge in [-0.3, -0.25) is 4.79 Å². The SMILES string of the molecule is CC(O)CNC(=O)C1CCN(c2nc3ccccc3s2)CC1. The molecule has 0 bridgehead atoms. The number of carbonyl (C=O) groups excluding carboxylic acids is 1. The van der Waals surface area contributed by atoms with E-state index in [4.69, 9.17) is 0 Å². The summed E-state index contributed by atoms with van der Waals surface area (Å²) in [6, 6.07) is 8.16. The Hall–Kier alpha value is -1.66. The second kappa shape index (κ2) is 6.62. The van der Waals surface area contributed by atoms with Gasteiger partial charge in [0.2, 0.25) is 5.91 Å². The van der Waals surface area contributed by atoms with Crippen molar-refractivity contribution in [2.45, 2.75) is 25.9 Å². The van der Waals surface area contributed by atoms with Crippen LogP contribution in [0.4, 0.5) is 5.13 Å². The fourth-order valence-electron chi connectivity index (χ4n) is 2.72. The number of aromatic nitrogens is 1. The maximum Gasteiger partial charge on any atom is 0.223 e. The molecule has 1 aromatic heterocycles. The minimum absolute atomic E-state index is 0.0457. The highest BCUT2D eigenvalue weighted by Gasteiger charge is 2.26. The third kappa shape index (κ3) is 3.39. The van der Waals surface area contributed by atoms with Crippen LogP contribution >= 0.6 is 11.3 Å². The first-order chi connectivity index (χ1) is 10.6. The van der Waals surface area contributed by atoms with Crippen LogP contribution in [0.15, 0.2) is 24.3 Å². The van der Waals surface area contributed by atoms with E-state index in [-0.39, 0.29) is 11.8 Å². The average Bonchev–Trinajstić information content (AvgIpc) is 2.96. The third-order valence-corrected chi connectivity index (χ3v) is 5.09. The van der Waals surface area contributed by atoms with Crippen molar-refractivity contribution in [2.24, 2.45) is 5.92 Å². The lowest BCUT2D eigenvalue weighted by molar-refractivity contribution is -0.126. The number of thiazole rings is 1. The maximum atomic E-state index is 12.0.